The third-order valence-corrected chi connectivity index (χ3v) is 4.80. The Hall–Kier alpha value is -2.56. The lowest BCUT2D eigenvalue weighted by Gasteiger charge is -2.40. The van der Waals surface area contributed by atoms with E-state index in [2.05, 4.69) is 26.0 Å². The lowest BCUT2D eigenvalue weighted by molar-refractivity contribution is -0.136. The molecule has 2 aromatic rings. The number of carboxylic acids is 1. The van der Waals surface area contributed by atoms with Crippen molar-refractivity contribution < 1.29 is 19.1 Å². The lowest BCUT2D eigenvalue weighted by Crippen LogP contribution is -2.42. The van der Waals surface area contributed by atoms with E-state index in [9.17, 15) is 9.59 Å². The molecule has 0 spiro atoms. The first kappa shape index (κ1) is 17.3. The summed E-state index contributed by atoms with van der Waals surface area (Å²) in [5.74, 6) is -0.666. The highest BCUT2D eigenvalue weighted by Crippen LogP contribution is 2.36. The monoisotopic (exact) mass is 341 g/mol. The number of hydrogen-bond acceptors (Lipinski definition) is 3. The molecule has 0 fully saturated rings. The van der Waals surface area contributed by atoms with Crippen molar-refractivity contribution in [3.05, 3.63) is 58.5 Å². The van der Waals surface area contributed by atoms with E-state index < -0.39 is 5.97 Å². The fraction of sp³-hybridized carbons (Fsp3) is 0.400. The molecule has 1 atom stereocenters. The topological polar surface area (TPSA) is 70.7 Å². The molecule has 0 saturated carbocycles. The van der Waals surface area contributed by atoms with Gasteiger partial charge in [0.05, 0.1) is 17.9 Å². The third-order valence-electron chi connectivity index (χ3n) is 4.80. The van der Waals surface area contributed by atoms with Crippen LogP contribution in [0.4, 0.5) is 0 Å². The number of aryl methyl sites for hydroxylation is 1. The van der Waals surface area contributed by atoms with E-state index in [0.29, 0.717) is 17.7 Å². The third kappa shape index (κ3) is 3.18. The van der Waals surface area contributed by atoms with Gasteiger partial charge in [0.25, 0.3) is 5.91 Å². The number of fused-ring (bicyclic) bond motifs is 1. The Morgan fingerprint density at radius 2 is 2.04 bits per heavy atom. The number of nitrogens with zero attached hydrogens (tertiary/aromatic N) is 1. The van der Waals surface area contributed by atoms with E-state index in [-0.39, 0.29) is 30.0 Å². The van der Waals surface area contributed by atoms with Crippen LogP contribution in [0.5, 0.6) is 0 Å². The number of aliphatic carboxylic acids is 1. The predicted octanol–water partition coefficient (Wildman–Crippen LogP) is 3.61. The van der Waals surface area contributed by atoms with Crippen LogP contribution >= 0.6 is 0 Å². The Balaban J connectivity index is 2.00. The number of carboxylic acid groups (broad SMARTS) is 1. The second kappa shape index (κ2) is 6.75. The lowest BCUT2D eigenvalue weighted by atomic mass is 9.85. The molecule has 1 aliphatic heterocycles. The van der Waals surface area contributed by atoms with Gasteiger partial charge in [0.1, 0.15) is 12.2 Å². The largest absolute Gasteiger partial charge is 0.481 e. The summed E-state index contributed by atoms with van der Waals surface area (Å²) >= 11 is 0. The summed E-state index contributed by atoms with van der Waals surface area (Å²) in [5, 5.41) is 9.08. The quantitative estimate of drug-likeness (QED) is 0.922. The van der Waals surface area contributed by atoms with Gasteiger partial charge in [-0.05, 0) is 30.4 Å². The van der Waals surface area contributed by atoms with Crippen molar-refractivity contribution in [3.63, 3.8) is 0 Å². The maximum absolute atomic E-state index is 13.3. The summed E-state index contributed by atoms with van der Waals surface area (Å²) in [6.45, 7) is 6.61. The summed E-state index contributed by atoms with van der Waals surface area (Å²) < 4.78 is 5.36. The predicted molar refractivity (Wildman–Crippen MR) is 93.5 cm³/mol. The molecule has 1 N–H and O–H groups in total. The highest BCUT2D eigenvalue weighted by atomic mass is 16.4. The Labute approximate surface area is 147 Å². The number of carbonyl (C=O) groups is 2. The molecule has 1 aromatic carbocycles. The van der Waals surface area contributed by atoms with Crippen LogP contribution in [0, 0.1) is 12.8 Å². The summed E-state index contributed by atoms with van der Waals surface area (Å²) in [6, 6.07) is 8.20. The SMILES string of the molecule is Cc1coc(CC(=O)O)c1C(=O)N1CCc2ccccc2C1C(C)C. The minimum atomic E-state index is -1.01. The zero-order chi connectivity index (χ0) is 18.1. The van der Waals surface area contributed by atoms with E-state index in [1.807, 2.05) is 17.0 Å². The van der Waals surface area contributed by atoms with Gasteiger partial charge >= 0.3 is 5.97 Å². The Morgan fingerprint density at radius 1 is 1.32 bits per heavy atom. The highest BCUT2D eigenvalue weighted by molar-refractivity contribution is 5.98. The normalized spacial score (nSPS) is 16.8. The summed E-state index contributed by atoms with van der Waals surface area (Å²) in [4.78, 5) is 26.2. The van der Waals surface area contributed by atoms with E-state index >= 15 is 0 Å². The Morgan fingerprint density at radius 3 is 2.72 bits per heavy atom. The van der Waals surface area contributed by atoms with Gasteiger partial charge in [-0.1, -0.05) is 38.1 Å². The van der Waals surface area contributed by atoms with E-state index in [1.165, 1.54) is 17.4 Å². The van der Waals surface area contributed by atoms with Gasteiger partial charge in [0.2, 0.25) is 0 Å². The number of rotatable bonds is 4. The molecule has 0 saturated heterocycles. The number of benzene rings is 1. The molecule has 1 aliphatic rings. The van der Waals surface area contributed by atoms with Crippen LogP contribution in [0.2, 0.25) is 0 Å². The average molecular weight is 341 g/mol. The van der Waals surface area contributed by atoms with Gasteiger partial charge in [-0.15, -0.1) is 0 Å². The highest BCUT2D eigenvalue weighted by Gasteiger charge is 2.35. The van der Waals surface area contributed by atoms with Crippen LogP contribution in [-0.4, -0.2) is 28.4 Å². The molecule has 1 amide bonds. The zero-order valence-electron chi connectivity index (χ0n) is 14.8. The smallest absolute Gasteiger partial charge is 0.311 e. The molecule has 5 nitrogen and oxygen atoms in total. The maximum atomic E-state index is 13.3. The van der Waals surface area contributed by atoms with Crippen molar-refractivity contribution in [1.29, 1.82) is 0 Å². The molecule has 5 heteroatoms. The zero-order valence-corrected chi connectivity index (χ0v) is 14.8. The van der Waals surface area contributed by atoms with Crippen LogP contribution in [0.1, 0.15) is 52.7 Å². The van der Waals surface area contributed by atoms with Crippen LogP contribution in [0.15, 0.2) is 34.9 Å². The minimum absolute atomic E-state index is 0.0237. The number of furan rings is 1. The number of amides is 1. The molecule has 25 heavy (non-hydrogen) atoms. The molecule has 3 rings (SSSR count). The van der Waals surface area contributed by atoms with Crippen molar-refractivity contribution in [2.24, 2.45) is 5.92 Å². The van der Waals surface area contributed by atoms with E-state index in [4.69, 9.17) is 9.52 Å². The summed E-state index contributed by atoms with van der Waals surface area (Å²) in [7, 11) is 0. The van der Waals surface area contributed by atoms with Crippen LogP contribution in [0.25, 0.3) is 0 Å². The van der Waals surface area contributed by atoms with Crippen molar-refractivity contribution in [3.8, 4) is 0 Å². The fourth-order valence-electron chi connectivity index (χ4n) is 3.74. The second-order valence-electron chi connectivity index (χ2n) is 6.92. The summed E-state index contributed by atoms with van der Waals surface area (Å²) in [6.07, 6.45) is 1.98. The van der Waals surface area contributed by atoms with Crippen LogP contribution < -0.4 is 0 Å². The molecule has 1 aromatic heterocycles. The van der Waals surface area contributed by atoms with Gasteiger partial charge in [0.15, 0.2) is 0 Å². The van der Waals surface area contributed by atoms with Crippen molar-refractivity contribution in [1.82, 2.24) is 4.90 Å². The van der Waals surface area contributed by atoms with Gasteiger partial charge in [0, 0.05) is 12.1 Å². The standard InChI is InChI=1S/C20H23NO4/c1-12(2)19-15-7-5-4-6-14(15)8-9-21(19)20(24)18-13(3)11-25-16(18)10-17(22)23/h4-7,11-12,19H,8-10H2,1-3H3,(H,22,23). The van der Waals surface area contributed by atoms with Gasteiger partial charge in [-0.25, -0.2) is 0 Å². The van der Waals surface area contributed by atoms with Crippen LogP contribution in [-0.2, 0) is 17.6 Å². The van der Waals surface area contributed by atoms with Crippen LogP contribution in [0.3, 0.4) is 0 Å². The van der Waals surface area contributed by atoms with Gasteiger partial charge in [-0.2, -0.15) is 0 Å². The van der Waals surface area contributed by atoms with E-state index in [1.54, 1.807) is 6.92 Å². The first-order valence-electron chi connectivity index (χ1n) is 8.57. The first-order valence-corrected chi connectivity index (χ1v) is 8.57. The molecule has 0 aliphatic carbocycles. The summed E-state index contributed by atoms with van der Waals surface area (Å²) in [5.41, 5.74) is 3.54. The number of carbonyl (C=O) groups excluding carboxylic acids is 1. The first-order chi connectivity index (χ1) is 11.9. The molecule has 2 heterocycles. The maximum Gasteiger partial charge on any atom is 0.311 e. The van der Waals surface area contributed by atoms with Crippen molar-refractivity contribution in [2.75, 3.05) is 6.54 Å². The fourth-order valence-corrected chi connectivity index (χ4v) is 3.74. The molecule has 132 valence electrons. The molecule has 0 bridgehead atoms. The minimum Gasteiger partial charge on any atom is -0.481 e. The van der Waals surface area contributed by atoms with Crippen molar-refractivity contribution >= 4 is 11.9 Å². The van der Waals surface area contributed by atoms with Gasteiger partial charge < -0.3 is 14.4 Å². The number of hydrogen-bond donors (Lipinski definition) is 1. The van der Waals surface area contributed by atoms with Gasteiger partial charge in [-0.3, -0.25) is 9.59 Å². The molecular formula is C20H23NO4. The van der Waals surface area contributed by atoms with E-state index in [0.717, 1.165) is 6.42 Å². The molecule has 1 unspecified atom stereocenters. The Kier molecular flexibility index (Phi) is 4.66. The van der Waals surface area contributed by atoms with Crippen molar-refractivity contribution in [2.45, 2.75) is 39.7 Å². The molecule has 0 radical (unpaired) electrons. The molecular weight excluding hydrogens is 318 g/mol. The average Bonchev–Trinajstić information content (AvgIpc) is 2.92. The second-order valence-corrected chi connectivity index (χ2v) is 6.92. The Bertz CT molecular complexity index is 806.